The fourth-order valence-corrected chi connectivity index (χ4v) is 4.57. The number of aryl methyl sites for hydroxylation is 1. The van der Waals surface area contributed by atoms with Crippen molar-refractivity contribution in [2.24, 2.45) is 0 Å². The molecule has 23 heavy (non-hydrogen) atoms. The van der Waals surface area contributed by atoms with Gasteiger partial charge in [0.05, 0.1) is 0 Å². The zero-order chi connectivity index (χ0) is 16.4. The van der Waals surface area contributed by atoms with Crippen molar-refractivity contribution in [1.82, 2.24) is 10.2 Å². The van der Waals surface area contributed by atoms with Gasteiger partial charge in [-0.25, -0.2) is 4.79 Å². The molecule has 4 nitrogen and oxygen atoms in total. The standard InChI is InChI=1S/C18H28N2O2S/c1-18(2,3)22-17(21)20-10-5-6-13(20)12-19-15-7-4-8-16-14(15)9-11-23-16/h9,11,13,15,19H,4-8,10,12H2,1-3H3. The highest BCUT2D eigenvalue weighted by Gasteiger charge is 2.32. The molecule has 1 aromatic heterocycles. The summed E-state index contributed by atoms with van der Waals surface area (Å²) in [4.78, 5) is 15.8. The number of fused-ring (bicyclic) bond motifs is 1. The van der Waals surface area contributed by atoms with Gasteiger partial charge in [0.25, 0.3) is 0 Å². The lowest BCUT2D eigenvalue weighted by Gasteiger charge is -2.31. The minimum Gasteiger partial charge on any atom is -0.444 e. The molecule has 1 aliphatic heterocycles. The first-order chi connectivity index (χ1) is 10.9. The Morgan fingerprint density at radius 1 is 1.39 bits per heavy atom. The van der Waals surface area contributed by atoms with Gasteiger partial charge in [-0.15, -0.1) is 11.3 Å². The van der Waals surface area contributed by atoms with Crippen LogP contribution in [0.4, 0.5) is 4.79 Å². The minimum absolute atomic E-state index is 0.165. The summed E-state index contributed by atoms with van der Waals surface area (Å²) in [5.41, 5.74) is 1.05. The van der Waals surface area contributed by atoms with E-state index in [-0.39, 0.29) is 12.1 Å². The van der Waals surface area contributed by atoms with E-state index in [4.69, 9.17) is 4.74 Å². The first-order valence-corrected chi connectivity index (χ1v) is 9.61. The Kier molecular flexibility index (Phi) is 4.97. The van der Waals surface area contributed by atoms with Gasteiger partial charge < -0.3 is 15.0 Å². The fraction of sp³-hybridized carbons (Fsp3) is 0.722. The summed E-state index contributed by atoms with van der Waals surface area (Å²) in [5, 5.41) is 5.91. The molecule has 2 unspecified atom stereocenters. The molecule has 0 spiro atoms. The van der Waals surface area contributed by atoms with Gasteiger partial charge in [-0.05, 0) is 69.9 Å². The summed E-state index contributed by atoms with van der Waals surface area (Å²) < 4.78 is 5.55. The molecular weight excluding hydrogens is 308 g/mol. The van der Waals surface area contributed by atoms with Crippen molar-refractivity contribution in [2.75, 3.05) is 13.1 Å². The van der Waals surface area contributed by atoms with Gasteiger partial charge in [-0.1, -0.05) is 0 Å². The zero-order valence-corrected chi connectivity index (χ0v) is 15.2. The lowest BCUT2D eigenvalue weighted by atomic mass is 9.94. The second-order valence-corrected chi connectivity index (χ2v) is 8.62. The predicted octanol–water partition coefficient (Wildman–Crippen LogP) is 4.11. The predicted molar refractivity (Wildman–Crippen MR) is 94.0 cm³/mol. The third kappa shape index (κ3) is 4.07. The zero-order valence-electron chi connectivity index (χ0n) is 14.4. The molecule has 0 aromatic carbocycles. The maximum absolute atomic E-state index is 12.4. The molecule has 2 aliphatic rings. The van der Waals surface area contributed by atoms with Gasteiger partial charge in [-0.2, -0.15) is 0 Å². The molecule has 2 atom stereocenters. The number of carbonyl (C=O) groups is 1. The van der Waals surface area contributed by atoms with Crippen LogP contribution in [0.25, 0.3) is 0 Å². The number of carbonyl (C=O) groups excluding carboxylic acids is 1. The summed E-state index contributed by atoms with van der Waals surface area (Å²) in [6, 6.07) is 2.97. The lowest BCUT2D eigenvalue weighted by molar-refractivity contribution is 0.0224. The van der Waals surface area contributed by atoms with Crippen LogP contribution in [0.1, 0.15) is 62.9 Å². The molecular formula is C18H28N2O2S. The van der Waals surface area contributed by atoms with Gasteiger partial charge in [-0.3, -0.25) is 0 Å². The van der Waals surface area contributed by atoms with Gasteiger partial charge in [0.1, 0.15) is 5.60 Å². The SMILES string of the molecule is CC(C)(C)OC(=O)N1CCCC1CNC1CCCc2sccc21. The summed E-state index contributed by atoms with van der Waals surface area (Å²) in [6.07, 6.45) is 5.64. The number of nitrogens with zero attached hydrogens (tertiary/aromatic N) is 1. The smallest absolute Gasteiger partial charge is 0.410 e. The van der Waals surface area contributed by atoms with Gasteiger partial charge >= 0.3 is 6.09 Å². The Morgan fingerprint density at radius 3 is 3.00 bits per heavy atom. The van der Waals surface area contributed by atoms with Crippen LogP contribution in [-0.4, -0.2) is 35.7 Å². The average Bonchev–Trinajstić information content (AvgIpc) is 3.12. The number of nitrogens with one attached hydrogen (secondary N) is 1. The van der Waals surface area contributed by atoms with E-state index in [2.05, 4.69) is 16.8 Å². The molecule has 1 fully saturated rings. The van der Waals surface area contributed by atoms with Crippen LogP contribution in [-0.2, 0) is 11.2 Å². The summed E-state index contributed by atoms with van der Waals surface area (Å²) in [6.45, 7) is 7.45. The molecule has 3 rings (SSSR count). The second-order valence-electron chi connectivity index (χ2n) is 7.62. The van der Waals surface area contributed by atoms with Crippen molar-refractivity contribution in [3.05, 3.63) is 21.9 Å². The maximum atomic E-state index is 12.4. The van der Waals surface area contributed by atoms with Crippen molar-refractivity contribution in [1.29, 1.82) is 0 Å². The highest BCUT2D eigenvalue weighted by atomic mass is 32.1. The fourth-order valence-electron chi connectivity index (χ4n) is 3.59. The first-order valence-electron chi connectivity index (χ1n) is 8.73. The molecule has 0 bridgehead atoms. The molecule has 1 N–H and O–H groups in total. The third-order valence-corrected chi connectivity index (χ3v) is 5.65. The Morgan fingerprint density at radius 2 is 2.22 bits per heavy atom. The number of hydrogen-bond acceptors (Lipinski definition) is 4. The number of likely N-dealkylation sites (tertiary alicyclic amines) is 1. The number of thiophene rings is 1. The van der Waals surface area contributed by atoms with Gasteiger partial charge in [0, 0.05) is 30.1 Å². The Balaban J connectivity index is 1.57. The number of amides is 1. The van der Waals surface area contributed by atoms with Gasteiger partial charge in [0.2, 0.25) is 0 Å². The second kappa shape index (κ2) is 6.81. The maximum Gasteiger partial charge on any atom is 0.410 e. The monoisotopic (exact) mass is 336 g/mol. The molecule has 1 amide bonds. The first kappa shape index (κ1) is 16.8. The quantitative estimate of drug-likeness (QED) is 0.903. The Bertz CT molecular complexity index is 549. The minimum atomic E-state index is -0.424. The topological polar surface area (TPSA) is 41.6 Å². The highest BCUT2D eigenvalue weighted by Crippen LogP contribution is 2.33. The van der Waals surface area contributed by atoms with Crippen molar-refractivity contribution in [3.8, 4) is 0 Å². The molecule has 0 saturated carbocycles. The summed E-state index contributed by atoms with van der Waals surface area (Å²) in [7, 11) is 0. The van der Waals surface area contributed by atoms with E-state index in [1.54, 1.807) is 0 Å². The molecule has 2 heterocycles. The van der Waals surface area contributed by atoms with Crippen LogP contribution >= 0.6 is 11.3 Å². The average molecular weight is 337 g/mol. The molecule has 128 valence electrons. The molecule has 1 aromatic rings. The Hall–Kier alpha value is -1.07. The molecule has 5 heteroatoms. The van der Waals surface area contributed by atoms with Crippen LogP contribution in [0.15, 0.2) is 11.4 Å². The largest absolute Gasteiger partial charge is 0.444 e. The lowest BCUT2D eigenvalue weighted by Crippen LogP contribution is -2.44. The third-order valence-electron chi connectivity index (χ3n) is 4.66. The van der Waals surface area contributed by atoms with Crippen molar-refractivity contribution in [2.45, 2.75) is 70.6 Å². The highest BCUT2D eigenvalue weighted by molar-refractivity contribution is 7.10. The molecule has 0 radical (unpaired) electrons. The number of hydrogen-bond donors (Lipinski definition) is 1. The Labute approximate surface area is 143 Å². The molecule has 1 saturated heterocycles. The van der Waals surface area contributed by atoms with Crippen LogP contribution in [0.5, 0.6) is 0 Å². The summed E-state index contributed by atoms with van der Waals surface area (Å²) >= 11 is 1.87. The van der Waals surface area contributed by atoms with Crippen molar-refractivity contribution in [3.63, 3.8) is 0 Å². The van der Waals surface area contributed by atoms with Crippen molar-refractivity contribution < 1.29 is 9.53 Å². The van der Waals surface area contributed by atoms with E-state index in [1.807, 2.05) is 37.0 Å². The van der Waals surface area contributed by atoms with E-state index in [0.29, 0.717) is 6.04 Å². The summed E-state index contributed by atoms with van der Waals surface area (Å²) in [5.74, 6) is 0. The normalized spacial score (nSPS) is 24.6. The van der Waals surface area contributed by atoms with Crippen LogP contribution in [0.2, 0.25) is 0 Å². The van der Waals surface area contributed by atoms with Crippen LogP contribution in [0, 0.1) is 0 Å². The number of rotatable bonds is 3. The van der Waals surface area contributed by atoms with Crippen molar-refractivity contribution >= 4 is 17.4 Å². The van der Waals surface area contributed by atoms with Crippen LogP contribution in [0.3, 0.4) is 0 Å². The van der Waals surface area contributed by atoms with Gasteiger partial charge in [0.15, 0.2) is 0 Å². The van der Waals surface area contributed by atoms with E-state index in [1.165, 1.54) is 29.7 Å². The van der Waals surface area contributed by atoms with Crippen LogP contribution < -0.4 is 5.32 Å². The van der Waals surface area contributed by atoms with E-state index in [9.17, 15) is 4.79 Å². The van der Waals surface area contributed by atoms with E-state index in [0.717, 1.165) is 25.9 Å². The van der Waals surface area contributed by atoms with E-state index >= 15 is 0 Å². The molecule has 1 aliphatic carbocycles. The van der Waals surface area contributed by atoms with E-state index < -0.39 is 5.60 Å². The number of ether oxygens (including phenoxy) is 1.